The third-order valence-electron chi connectivity index (χ3n) is 3.64. The molecule has 1 aliphatic rings. The molecule has 4 nitrogen and oxygen atoms in total. The lowest BCUT2D eigenvalue weighted by Gasteiger charge is -2.25. The Morgan fingerprint density at radius 3 is 2.25 bits per heavy atom. The van der Waals surface area contributed by atoms with E-state index in [0.717, 1.165) is 0 Å². The van der Waals surface area contributed by atoms with Crippen molar-refractivity contribution in [2.24, 2.45) is 11.8 Å². The lowest BCUT2D eigenvalue weighted by Crippen LogP contribution is -2.29. The quantitative estimate of drug-likeness (QED) is 0.891. The number of carboxylic acids is 1. The molecule has 0 saturated heterocycles. The van der Waals surface area contributed by atoms with Crippen molar-refractivity contribution in [3.05, 3.63) is 28.2 Å². The fourth-order valence-corrected chi connectivity index (χ4v) is 2.88. The Balaban J connectivity index is 1.94. The van der Waals surface area contributed by atoms with Crippen molar-refractivity contribution in [2.75, 3.05) is 5.32 Å². The molecule has 0 heterocycles. The third kappa shape index (κ3) is 3.64. The average Bonchev–Trinajstić information content (AvgIpc) is 2.42. The lowest BCUT2D eigenvalue weighted by molar-refractivity contribution is -0.143. The number of nitrogens with one attached hydrogen (secondary N) is 1. The van der Waals surface area contributed by atoms with Crippen LogP contribution >= 0.6 is 23.2 Å². The van der Waals surface area contributed by atoms with Gasteiger partial charge in [0.1, 0.15) is 0 Å². The van der Waals surface area contributed by atoms with Crippen molar-refractivity contribution < 1.29 is 14.7 Å². The van der Waals surface area contributed by atoms with Crippen molar-refractivity contribution >= 4 is 40.8 Å². The number of benzene rings is 1. The van der Waals surface area contributed by atoms with Crippen LogP contribution in [0.4, 0.5) is 5.69 Å². The molecule has 2 N–H and O–H groups in total. The van der Waals surface area contributed by atoms with Crippen molar-refractivity contribution in [1.29, 1.82) is 0 Å². The monoisotopic (exact) mass is 315 g/mol. The minimum atomic E-state index is -0.774. The Morgan fingerprint density at radius 2 is 1.70 bits per heavy atom. The average molecular weight is 316 g/mol. The van der Waals surface area contributed by atoms with Crippen LogP contribution in [0.1, 0.15) is 25.7 Å². The number of rotatable bonds is 3. The Labute approximate surface area is 127 Å². The van der Waals surface area contributed by atoms with Gasteiger partial charge in [0.15, 0.2) is 0 Å². The number of aliphatic carboxylic acids is 1. The van der Waals surface area contributed by atoms with Crippen LogP contribution in [0.2, 0.25) is 10.0 Å². The number of anilines is 1. The highest BCUT2D eigenvalue weighted by molar-refractivity contribution is 6.36. The zero-order valence-corrected chi connectivity index (χ0v) is 12.2. The maximum Gasteiger partial charge on any atom is 0.306 e. The summed E-state index contributed by atoms with van der Waals surface area (Å²) in [5, 5.41) is 12.6. The van der Waals surface area contributed by atoms with E-state index in [1.165, 1.54) is 0 Å². The van der Waals surface area contributed by atoms with Crippen molar-refractivity contribution in [3.63, 3.8) is 0 Å². The van der Waals surface area contributed by atoms with Gasteiger partial charge < -0.3 is 10.4 Å². The normalized spacial score (nSPS) is 22.3. The second-order valence-electron chi connectivity index (χ2n) is 5.00. The van der Waals surface area contributed by atoms with E-state index in [2.05, 4.69) is 5.32 Å². The summed E-state index contributed by atoms with van der Waals surface area (Å²) >= 11 is 11.8. The molecule has 1 aromatic rings. The van der Waals surface area contributed by atoms with Crippen LogP contribution in [0.5, 0.6) is 0 Å². The molecule has 1 saturated carbocycles. The zero-order chi connectivity index (χ0) is 14.7. The number of hydrogen-bond donors (Lipinski definition) is 2. The first-order chi connectivity index (χ1) is 9.47. The second-order valence-corrected chi connectivity index (χ2v) is 5.84. The second kappa shape index (κ2) is 6.46. The molecular formula is C14H15Cl2NO3. The van der Waals surface area contributed by atoms with Crippen LogP contribution in [-0.4, -0.2) is 17.0 Å². The van der Waals surface area contributed by atoms with Crippen LogP contribution in [0, 0.1) is 11.8 Å². The predicted molar refractivity (Wildman–Crippen MR) is 78.2 cm³/mol. The number of carboxylic acid groups (broad SMARTS) is 1. The molecule has 0 aliphatic heterocycles. The lowest BCUT2D eigenvalue weighted by atomic mass is 9.81. The van der Waals surface area contributed by atoms with Gasteiger partial charge in [-0.3, -0.25) is 9.59 Å². The molecule has 108 valence electrons. The first-order valence-corrected chi connectivity index (χ1v) is 7.21. The molecule has 0 atom stereocenters. The summed E-state index contributed by atoms with van der Waals surface area (Å²) in [6, 6.07) is 4.88. The summed E-state index contributed by atoms with van der Waals surface area (Å²) in [6.07, 6.45) is 2.27. The van der Waals surface area contributed by atoms with Gasteiger partial charge in [0.2, 0.25) is 5.91 Å². The van der Waals surface area contributed by atoms with E-state index >= 15 is 0 Å². The summed E-state index contributed by atoms with van der Waals surface area (Å²) in [6.45, 7) is 0. The maximum atomic E-state index is 12.1. The molecule has 1 aliphatic carbocycles. The van der Waals surface area contributed by atoms with Gasteiger partial charge in [-0.2, -0.15) is 0 Å². The fourth-order valence-electron chi connectivity index (χ4n) is 2.43. The third-order valence-corrected chi connectivity index (χ3v) is 4.18. The van der Waals surface area contributed by atoms with E-state index in [1.807, 2.05) is 0 Å². The Kier molecular flexibility index (Phi) is 4.89. The predicted octanol–water partition coefficient (Wildman–Crippen LogP) is 3.82. The van der Waals surface area contributed by atoms with Gasteiger partial charge in [0.25, 0.3) is 0 Å². The van der Waals surface area contributed by atoms with E-state index in [4.69, 9.17) is 28.3 Å². The molecule has 20 heavy (non-hydrogen) atoms. The van der Waals surface area contributed by atoms with Gasteiger partial charge in [-0.15, -0.1) is 0 Å². The Bertz CT molecular complexity index is 525. The highest BCUT2D eigenvalue weighted by atomic mass is 35.5. The topological polar surface area (TPSA) is 66.4 Å². The largest absolute Gasteiger partial charge is 0.481 e. The first-order valence-electron chi connectivity index (χ1n) is 6.46. The molecule has 6 heteroatoms. The van der Waals surface area contributed by atoms with Crippen LogP contribution in [-0.2, 0) is 9.59 Å². The highest BCUT2D eigenvalue weighted by Crippen LogP contribution is 2.31. The van der Waals surface area contributed by atoms with E-state index < -0.39 is 5.97 Å². The highest BCUT2D eigenvalue weighted by Gasteiger charge is 2.29. The smallest absolute Gasteiger partial charge is 0.306 e. The number of carbonyl (C=O) groups excluding carboxylic acids is 1. The van der Waals surface area contributed by atoms with Gasteiger partial charge in [-0.1, -0.05) is 23.2 Å². The minimum absolute atomic E-state index is 0.113. The van der Waals surface area contributed by atoms with E-state index in [0.29, 0.717) is 41.4 Å². The van der Waals surface area contributed by atoms with Gasteiger partial charge in [-0.05, 0) is 43.9 Å². The molecule has 0 radical (unpaired) electrons. The van der Waals surface area contributed by atoms with E-state index in [1.54, 1.807) is 18.2 Å². The van der Waals surface area contributed by atoms with Gasteiger partial charge >= 0.3 is 5.97 Å². The van der Waals surface area contributed by atoms with E-state index in [9.17, 15) is 9.59 Å². The molecule has 0 aromatic heterocycles. The van der Waals surface area contributed by atoms with Crippen molar-refractivity contribution in [3.8, 4) is 0 Å². The number of amides is 1. The molecule has 0 bridgehead atoms. The summed E-state index contributed by atoms with van der Waals surface area (Å²) in [4.78, 5) is 23.0. The first kappa shape index (κ1) is 15.1. The van der Waals surface area contributed by atoms with Crippen LogP contribution in [0.3, 0.4) is 0 Å². The van der Waals surface area contributed by atoms with Crippen LogP contribution in [0.25, 0.3) is 0 Å². The molecule has 1 fully saturated rings. The summed E-state index contributed by atoms with van der Waals surface area (Å²) < 4.78 is 0. The number of hydrogen-bond acceptors (Lipinski definition) is 2. The summed E-state index contributed by atoms with van der Waals surface area (Å²) in [7, 11) is 0. The van der Waals surface area contributed by atoms with Gasteiger partial charge in [0, 0.05) is 10.9 Å². The van der Waals surface area contributed by atoms with Crippen molar-refractivity contribution in [2.45, 2.75) is 25.7 Å². The minimum Gasteiger partial charge on any atom is -0.481 e. The summed E-state index contributed by atoms with van der Waals surface area (Å²) in [5.41, 5.74) is 0.529. The van der Waals surface area contributed by atoms with Gasteiger partial charge in [0.05, 0.1) is 16.6 Å². The SMILES string of the molecule is O=C(O)C1CCC(C(=O)Nc2ccc(Cl)cc2Cl)CC1. The maximum absolute atomic E-state index is 12.1. The zero-order valence-electron chi connectivity index (χ0n) is 10.7. The summed E-state index contributed by atoms with van der Waals surface area (Å²) in [5.74, 6) is -1.36. The Morgan fingerprint density at radius 1 is 1.10 bits per heavy atom. The standard InChI is InChI=1S/C14H15Cl2NO3/c15-10-5-6-12(11(16)7-10)17-13(18)8-1-3-9(4-2-8)14(19)20/h5-9H,1-4H2,(H,17,18)(H,19,20). The number of carbonyl (C=O) groups is 2. The molecule has 1 amide bonds. The molecule has 0 spiro atoms. The van der Waals surface area contributed by atoms with Crippen LogP contribution in [0.15, 0.2) is 18.2 Å². The van der Waals surface area contributed by atoms with Crippen LogP contribution < -0.4 is 5.32 Å². The fraction of sp³-hybridized carbons (Fsp3) is 0.429. The number of halogens is 2. The van der Waals surface area contributed by atoms with E-state index in [-0.39, 0.29) is 17.7 Å². The Hall–Kier alpha value is -1.26. The molecular weight excluding hydrogens is 301 g/mol. The van der Waals surface area contributed by atoms with Gasteiger partial charge in [-0.25, -0.2) is 0 Å². The van der Waals surface area contributed by atoms with Crippen molar-refractivity contribution in [1.82, 2.24) is 0 Å². The molecule has 1 aromatic carbocycles. The molecule has 2 rings (SSSR count). The molecule has 0 unspecified atom stereocenters.